The molecule has 188 valence electrons. The highest BCUT2D eigenvalue weighted by Crippen LogP contribution is 2.36. The van der Waals surface area contributed by atoms with Crippen LogP contribution in [0.4, 0.5) is 10.7 Å². The summed E-state index contributed by atoms with van der Waals surface area (Å²) in [5.41, 5.74) is 8.18. The van der Waals surface area contributed by atoms with Gasteiger partial charge in [0.05, 0.1) is 18.3 Å². The van der Waals surface area contributed by atoms with E-state index in [0.717, 1.165) is 10.4 Å². The number of nitrogens with one attached hydrogen (secondary N) is 1. The lowest BCUT2D eigenvalue weighted by Gasteiger charge is -2.32. The summed E-state index contributed by atoms with van der Waals surface area (Å²) in [5.74, 6) is -0.887. The Morgan fingerprint density at radius 1 is 1.06 bits per heavy atom. The van der Waals surface area contributed by atoms with Crippen molar-refractivity contribution < 1.29 is 23.9 Å². The number of hydrogen-bond acceptors (Lipinski definition) is 7. The number of hydrogen-bond donors (Lipinski definition) is 2. The second-order valence-electron chi connectivity index (χ2n) is 8.42. The highest BCUT2D eigenvalue weighted by molar-refractivity contribution is 7.20. The Hall–Kier alpha value is -3.69. The molecule has 2 amide bonds. The number of nitrogen functional groups attached to an aromatic ring is 1. The Kier molecular flexibility index (Phi) is 8.35. The van der Waals surface area contributed by atoms with Crippen LogP contribution in [0.25, 0.3) is 10.4 Å². The molecule has 0 spiro atoms. The summed E-state index contributed by atoms with van der Waals surface area (Å²) in [6, 6.07) is 18.3. The minimum atomic E-state index is -0.482. The van der Waals surface area contributed by atoms with Crippen LogP contribution < -0.4 is 11.1 Å². The Labute approximate surface area is 214 Å². The number of nitrogens with two attached hydrogens (primary N) is 1. The average Bonchev–Trinajstić information content (AvgIpc) is 3.32. The van der Waals surface area contributed by atoms with Gasteiger partial charge in [0.25, 0.3) is 11.8 Å². The molecule has 4 rings (SSSR count). The molecule has 0 bridgehead atoms. The molecule has 0 radical (unpaired) electrons. The van der Waals surface area contributed by atoms with Gasteiger partial charge in [0.2, 0.25) is 0 Å². The summed E-state index contributed by atoms with van der Waals surface area (Å²) in [7, 11) is 0. The molecule has 1 aromatic heterocycles. The van der Waals surface area contributed by atoms with Gasteiger partial charge in [-0.25, -0.2) is 4.79 Å². The van der Waals surface area contributed by atoms with E-state index < -0.39 is 5.97 Å². The topological polar surface area (TPSA) is 111 Å². The number of anilines is 2. The lowest BCUT2D eigenvalue weighted by Crippen LogP contribution is -2.41. The van der Waals surface area contributed by atoms with E-state index in [4.69, 9.17) is 15.2 Å². The van der Waals surface area contributed by atoms with Gasteiger partial charge < -0.3 is 25.4 Å². The Bertz CT molecular complexity index is 1220. The molecule has 1 fully saturated rings. The van der Waals surface area contributed by atoms with Crippen LogP contribution in [-0.2, 0) is 14.3 Å². The molecule has 2 aromatic carbocycles. The fraction of sp³-hybridized carbons (Fsp3) is 0.296. The normalized spacial score (nSPS) is 13.9. The van der Waals surface area contributed by atoms with Crippen LogP contribution in [-0.4, -0.2) is 55.1 Å². The molecule has 1 aliphatic rings. The second kappa shape index (κ2) is 11.8. The van der Waals surface area contributed by atoms with Crippen molar-refractivity contribution in [3.63, 3.8) is 0 Å². The predicted molar refractivity (Wildman–Crippen MR) is 140 cm³/mol. The van der Waals surface area contributed by atoms with Crippen LogP contribution in [0.3, 0.4) is 0 Å². The van der Waals surface area contributed by atoms with Gasteiger partial charge >= 0.3 is 5.97 Å². The molecule has 3 aromatic rings. The number of piperidine rings is 1. The van der Waals surface area contributed by atoms with Crippen molar-refractivity contribution in [2.45, 2.75) is 25.9 Å². The number of rotatable bonds is 8. The van der Waals surface area contributed by atoms with Crippen molar-refractivity contribution in [3.8, 4) is 10.4 Å². The molecule has 1 saturated heterocycles. The smallest absolute Gasteiger partial charge is 0.341 e. The highest BCUT2D eigenvalue weighted by Gasteiger charge is 2.25. The summed E-state index contributed by atoms with van der Waals surface area (Å²) < 4.78 is 11.0. The first-order chi connectivity index (χ1) is 17.4. The molecule has 0 saturated carbocycles. The first-order valence-corrected chi connectivity index (χ1v) is 12.7. The van der Waals surface area contributed by atoms with E-state index in [-0.39, 0.29) is 31.1 Å². The van der Waals surface area contributed by atoms with Gasteiger partial charge in [0, 0.05) is 29.2 Å². The Balaban J connectivity index is 1.32. The lowest BCUT2D eigenvalue weighted by atomic mass is 10.1. The van der Waals surface area contributed by atoms with Crippen LogP contribution in [0.1, 0.15) is 40.5 Å². The average molecular weight is 508 g/mol. The van der Waals surface area contributed by atoms with Crippen LogP contribution in [0.5, 0.6) is 0 Å². The first kappa shape index (κ1) is 25.4. The molecular weight excluding hydrogens is 478 g/mol. The standard InChI is InChI=1S/C27H29N3O5S/c1-2-34-27(33)22-16-23(18-7-4-3-5-8-18)36-25(22)29-24(31)17-35-21-11-13-30(14-12-21)26(32)19-9-6-10-20(28)15-19/h3-10,15-16,21H,2,11-14,17,28H2,1H3,(H,29,31). The summed E-state index contributed by atoms with van der Waals surface area (Å²) in [6.45, 7) is 2.92. The number of esters is 1. The van der Waals surface area contributed by atoms with E-state index in [1.165, 1.54) is 11.3 Å². The monoisotopic (exact) mass is 507 g/mol. The van der Waals surface area contributed by atoms with Crippen LogP contribution >= 0.6 is 11.3 Å². The molecule has 0 aliphatic carbocycles. The zero-order valence-corrected chi connectivity index (χ0v) is 20.9. The van der Waals surface area contributed by atoms with Gasteiger partial charge in [-0.1, -0.05) is 36.4 Å². The predicted octanol–water partition coefficient (Wildman–Crippen LogP) is 4.43. The van der Waals surface area contributed by atoms with E-state index >= 15 is 0 Å². The number of thiophene rings is 1. The first-order valence-electron chi connectivity index (χ1n) is 11.9. The van der Waals surface area contributed by atoms with Crippen molar-refractivity contribution in [1.82, 2.24) is 4.90 Å². The third-order valence-electron chi connectivity index (χ3n) is 5.85. The van der Waals surface area contributed by atoms with E-state index in [1.54, 1.807) is 42.2 Å². The minimum absolute atomic E-state index is 0.0584. The van der Waals surface area contributed by atoms with Gasteiger partial charge in [-0.3, -0.25) is 9.59 Å². The number of carbonyl (C=O) groups excluding carboxylic acids is 3. The van der Waals surface area contributed by atoms with Crippen LogP contribution in [0, 0.1) is 0 Å². The zero-order chi connectivity index (χ0) is 25.5. The maximum Gasteiger partial charge on any atom is 0.341 e. The molecule has 1 aliphatic heterocycles. The maximum absolute atomic E-state index is 12.7. The Morgan fingerprint density at radius 2 is 1.81 bits per heavy atom. The molecule has 36 heavy (non-hydrogen) atoms. The van der Waals surface area contributed by atoms with Crippen molar-refractivity contribution in [1.29, 1.82) is 0 Å². The fourth-order valence-corrected chi connectivity index (χ4v) is 5.09. The molecule has 0 unspecified atom stereocenters. The number of benzene rings is 2. The summed E-state index contributed by atoms with van der Waals surface area (Å²) >= 11 is 1.32. The van der Waals surface area contributed by atoms with Crippen molar-refractivity contribution in [2.75, 3.05) is 37.4 Å². The Morgan fingerprint density at radius 3 is 2.50 bits per heavy atom. The van der Waals surface area contributed by atoms with Crippen molar-refractivity contribution in [3.05, 3.63) is 71.8 Å². The third-order valence-corrected chi connectivity index (χ3v) is 6.95. The highest BCUT2D eigenvalue weighted by atomic mass is 32.1. The zero-order valence-electron chi connectivity index (χ0n) is 20.1. The second-order valence-corrected chi connectivity index (χ2v) is 9.47. The largest absolute Gasteiger partial charge is 0.462 e. The van der Waals surface area contributed by atoms with Crippen LogP contribution in [0.15, 0.2) is 60.7 Å². The molecule has 2 heterocycles. The number of likely N-dealkylation sites (tertiary alicyclic amines) is 1. The van der Waals surface area contributed by atoms with E-state index in [9.17, 15) is 14.4 Å². The summed E-state index contributed by atoms with van der Waals surface area (Å²) in [6.07, 6.45) is 1.13. The van der Waals surface area contributed by atoms with Gasteiger partial charge in [0.1, 0.15) is 11.6 Å². The van der Waals surface area contributed by atoms with Gasteiger partial charge in [0.15, 0.2) is 0 Å². The van der Waals surface area contributed by atoms with Gasteiger partial charge in [-0.05, 0) is 49.6 Å². The van der Waals surface area contributed by atoms with Crippen molar-refractivity contribution >= 4 is 39.8 Å². The third kappa shape index (κ3) is 6.30. The quantitative estimate of drug-likeness (QED) is 0.345. The molecule has 0 atom stereocenters. The lowest BCUT2D eigenvalue weighted by molar-refractivity contribution is -0.123. The summed E-state index contributed by atoms with van der Waals surface area (Å²) in [4.78, 5) is 40.5. The van der Waals surface area contributed by atoms with Crippen molar-refractivity contribution in [2.24, 2.45) is 0 Å². The van der Waals surface area contributed by atoms with Crippen LogP contribution in [0.2, 0.25) is 0 Å². The minimum Gasteiger partial charge on any atom is -0.462 e. The van der Waals surface area contributed by atoms with E-state index in [0.29, 0.717) is 47.7 Å². The maximum atomic E-state index is 12.7. The van der Waals surface area contributed by atoms with Gasteiger partial charge in [-0.15, -0.1) is 11.3 Å². The van der Waals surface area contributed by atoms with E-state index in [2.05, 4.69) is 5.32 Å². The molecular formula is C27H29N3O5S. The fourth-order valence-electron chi connectivity index (χ4n) is 4.03. The SMILES string of the molecule is CCOC(=O)c1cc(-c2ccccc2)sc1NC(=O)COC1CCN(C(=O)c2cccc(N)c2)CC1. The summed E-state index contributed by atoms with van der Waals surface area (Å²) in [5, 5.41) is 3.24. The number of amides is 2. The molecule has 3 N–H and O–H groups in total. The van der Waals surface area contributed by atoms with E-state index in [1.807, 2.05) is 30.3 Å². The molecule has 8 nitrogen and oxygen atoms in total. The van der Waals surface area contributed by atoms with Gasteiger partial charge in [-0.2, -0.15) is 0 Å². The molecule has 9 heteroatoms. The number of nitrogens with zero attached hydrogens (tertiary/aromatic N) is 1. The number of carbonyl (C=O) groups is 3. The number of ether oxygens (including phenoxy) is 2.